The van der Waals surface area contributed by atoms with E-state index in [1.54, 1.807) is 0 Å². The molecule has 0 saturated carbocycles. The summed E-state index contributed by atoms with van der Waals surface area (Å²) >= 11 is 0. The highest BCUT2D eigenvalue weighted by Gasteiger charge is 2.15. The highest BCUT2D eigenvalue weighted by atomic mass is 14.2. The molecule has 0 heteroatoms. The highest BCUT2D eigenvalue weighted by molar-refractivity contribution is 5.98. The van der Waals surface area contributed by atoms with E-state index in [-0.39, 0.29) is 0 Å². The van der Waals surface area contributed by atoms with Crippen LogP contribution in [0.25, 0.3) is 43.4 Å². The van der Waals surface area contributed by atoms with E-state index < -0.39 is 0 Å². The maximum absolute atomic E-state index is 2.24. The molecule has 0 aliphatic heterocycles. The van der Waals surface area contributed by atoms with Gasteiger partial charge in [0, 0.05) is 0 Å². The molecule has 0 saturated heterocycles. The van der Waals surface area contributed by atoms with Gasteiger partial charge in [-0.2, -0.15) is 0 Å². The number of hydrogen-bond donors (Lipinski definition) is 0. The molecule has 206 valence electrons. The lowest BCUT2D eigenvalue weighted by Crippen LogP contribution is -1.77. The molecule has 0 amide bonds. The van der Waals surface area contributed by atoms with E-state index in [9.17, 15) is 0 Å². The zero-order valence-electron chi connectivity index (χ0n) is 24.2. The van der Waals surface area contributed by atoms with E-state index in [1.807, 2.05) is 36.4 Å². The average molecular weight is 551 g/mol. The molecule has 0 nitrogen and oxygen atoms in total. The summed E-state index contributed by atoms with van der Waals surface area (Å²) in [5, 5.41) is 7.87. The molecule has 9 rings (SSSR count). The Labute approximate surface area is 254 Å². The SMILES string of the molecule is c1ccc2c(c1)Cc1ccccc1-2.c1ccc2cc3ccccc3cc2c1.c1ccc2ccccc2c1.c1ccccc1. The summed E-state index contributed by atoms with van der Waals surface area (Å²) in [5.41, 5.74) is 5.75. The minimum absolute atomic E-state index is 1.10. The van der Waals surface area contributed by atoms with Crippen LogP contribution < -0.4 is 0 Å². The average Bonchev–Trinajstić information content (AvgIpc) is 3.48. The highest BCUT2D eigenvalue weighted by Crippen LogP contribution is 2.35. The summed E-state index contributed by atoms with van der Waals surface area (Å²) in [4.78, 5) is 0. The van der Waals surface area contributed by atoms with Gasteiger partial charge in [0.05, 0.1) is 0 Å². The molecule has 0 bridgehead atoms. The minimum Gasteiger partial charge on any atom is -0.0623 e. The molecule has 0 fully saturated rings. The van der Waals surface area contributed by atoms with Gasteiger partial charge in [-0.1, -0.05) is 182 Å². The molecule has 0 radical (unpaired) electrons. The van der Waals surface area contributed by atoms with Crippen molar-refractivity contribution in [1.29, 1.82) is 0 Å². The Balaban J connectivity index is 0.000000106. The first-order chi connectivity index (χ1) is 21.3. The van der Waals surface area contributed by atoms with Gasteiger partial charge in [-0.05, 0) is 73.1 Å². The Morgan fingerprint density at radius 3 is 0.814 bits per heavy atom. The van der Waals surface area contributed by atoms with Gasteiger partial charge in [0.1, 0.15) is 0 Å². The largest absolute Gasteiger partial charge is 0.0623 e. The van der Waals surface area contributed by atoms with Crippen LogP contribution in [-0.2, 0) is 6.42 Å². The first-order valence-corrected chi connectivity index (χ1v) is 14.8. The molecule has 1 aliphatic rings. The van der Waals surface area contributed by atoms with Gasteiger partial charge in [0.25, 0.3) is 0 Å². The van der Waals surface area contributed by atoms with Crippen LogP contribution in [0.5, 0.6) is 0 Å². The van der Waals surface area contributed by atoms with Crippen molar-refractivity contribution in [3.8, 4) is 11.1 Å². The van der Waals surface area contributed by atoms with Crippen molar-refractivity contribution in [1.82, 2.24) is 0 Å². The van der Waals surface area contributed by atoms with Crippen molar-refractivity contribution < 1.29 is 0 Å². The molecular formula is C43H34. The molecule has 8 aromatic carbocycles. The van der Waals surface area contributed by atoms with Crippen molar-refractivity contribution >= 4 is 32.3 Å². The predicted octanol–water partition coefficient (Wildman–Crippen LogP) is 11.8. The van der Waals surface area contributed by atoms with Crippen LogP contribution in [0.2, 0.25) is 0 Å². The number of fused-ring (bicyclic) bond motifs is 6. The van der Waals surface area contributed by atoms with Crippen LogP contribution in [0, 0.1) is 0 Å². The van der Waals surface area contributed by atoms with Gasteiger partial charge in [-0.15, -0.1) is 0 Å². The molecule has 0 atom stereocenters. The van der Waals surface area contributed by atoms with E-state index in [0.29, 0.717) is 0 Å². The smallest absolute Gasteiger partial charge is 0.00135 e. The van der Waals surface area contributed by atoms with Crippen molar-refractivity contribution in [3.05, 3.63) is 205 Å². The van der Waals surface area contributed by atoms with Crippen molar-refractivity contribution in [2.24, 2.45) is 0 Å². The van der Waals surface area contributed by atoms with Crippen molar-refractivity contribution in [3.63, 3.8) is 0 Å². The maximum Gasteiger partial charge on any atom is -0.00135 e. The number of benzene rings is 8. The third-order valence-corrected chi connectivity index (χ3v) is 7.65. The van der Waals surface area contributed by atoms with Gasteiger partial charge in [0.15, 0.2) is 0 Å². The monoisotopic (exact) mass is 550 g/mol. The number of rotatable bonds is 0. The Bertz CT molecular complexity index is 1810. The van der Waals surface area contributed by atoms with Gasteiger partial charge < -0.3 is 0 Å². The van der Waals surface area contributed by atoms with Gasteiger partial charge in [-0.25, -0.2) is 0 Å². The van der Waals surface area contributed by atoms with E-state index >= 15 is 0 Å². The van der Waals surface area contributed by atoms with Gasteiger partial charge in [0.2, 0.25) is 0 Å². The third kappa shape index (κ3) is 7.07. The molecule has 0 spiro atoms. The van der Waals surface area contributed by atoms with E-state index in [1.165, 1.54) is 54.6 Å². The summed E-state index contributed by atoms with van der Waals surface area (Å²) < 4.78 is 0. The van der Waals surface area contributed by atoms with Gasteiger partial charge >= 0.3 is 0 Å². The topological polar surface area (TPSA) is 0 Å². The Hall–Kier alpha value is -5.46. The van der Waals surface area contributed by atoms with E-state index in [2.05, 4.69) is 158 Å². The molecule has 0 heterocycles. The fourth-order valence-electron chi connectivity index (χ4n) is 5.48. The lowest BCUT2D eigenvalue weighted by Gasteiger charge is -2.00. The first kappa shape index (κ1) is 27.7. The second-order valence-electron chi connectivity index (χ2n) is 10.5. The lowest BCUT2D eigenvalue weighted by molar-refractivity contribution is 1.26. The molecule has 0 unspecified atom stereocenters. The van der Waals surface area contributed by atoms with Gasteiger partial charge in [-0.3, -0.25) is 0 Å². The second-order valence-corrected chi connectivity index (χ2v) is 10.5. The molecule has 1 aliphatic carbocycles. The first-order valence-electron chi connectivity index (χ1n) is 14.8. The van der Waals surface area contributed by atoms with Crippen LogP contribution >= 0.6 is 0 Å². The number of hydrogen-bond acceptors (Lipinski definition) is 0. The molecule has 0 aromatic heterocycles. The molecule has 0 N–H and O–H groups in total. The summed E-state index contributed by atoms with van der Waals surface area (Å²) in [6.45, 7) is 0. The van der Waals surface area contributed by atoms with Crippen LogP contribution in [0.1, 0.15) is 11.1 Å². The second kappa shape index (κ2) is 13.9. The van der Waals surface area contributed by atoms with Crippen LogP contribution in [-0.4, -0.2) is 0 Å². The lowest BCUT2D eigenvalue weighted by atomic mass is 10.0. The third-order valence-electron chi connectivity index (χ3n) is 7.65. The van der Waals surface area contributed by atoms with E-state index in [4.69, 9.17) is 0 Å². The zero-order chi connectivity index (χ0) is 29.1. The quantitative estimate of drug-likeness (QED) is 0.165. The fourth-order valence-corrected chi connectivity index (χ4v) is 5.48. The van der Waals surface area contributed by atoms with E-state index in [0.717, 1.165) is 6.42 Å². The molecular weight excluding hydrogens is 516 g/mol. The van der Waals surface area contributed by atoms with Crippen molar-refractivity contribution in [2.75, 3.05) is 0 Å². The summed E-state index contributed by atoms with van der Waals surface area (Å²) in [6.07, 6.45) is 1.10. The summed E-state index contributed by atoms with van der Waals surface area (Å²) in [7, 11) is 0. The van der Waals surface area contributed by atoms with Crippen LogP contribution in [0.4, 0.5) is 0 Å². The van der Waals surface area contributed by atoms with Crippen LogP contribution in [0.15, 0.2) is 194 Å². The fraction of sp³-hybridized carbons (Fsp3) is 0.0233. The predicted molar refractivity (Wildman–Crippen MR) is 187 cm³/mol. The van der Waals surface area contributed by atoms with Crippen molar-refractivity contribution in [2.45, 2.75) is 6.42 Å². The summed E-state index contributed by atoms with van der Waals surface area (Å²) in [6, 6.07) is 67.4. The maximum atomic E-state index is 2.24. The zero-order valence-corrected chi connectivity index (χ0v) is 24.2. The Kier molecular flexibility index (Phi) is 8.98. The normalized spacial score (nSPS) is 10.7. The Morgan fingerprint density at radius 1 is 0.233 bits per heavy atom. The molecule has 43 heavy (non-hydrogen) atoms. The minimum atomic E-state index is 1.10. The Morgan fingerprint density at radius 2 is 0.488 bits per heavy atom. The van der Waals surface area contributed by atoms with Crippen LogP contribution in [0.3, 0.4) is 0 Å². The summed E-state index contributed by atoms with van der Waals surface area (Å²) in [5.74, 6) is 0. The molecule has 8 aromatic rings. The standard InChI is InChI=1S/C14H10.C13H10.C10H8.C6H6/c1-2-6-12-10-14-8-4-3-7-13(14)9-11(12)5-1;1-3-7-12-10(5-1)9-11-6-2-4-8-13(11)12;1-2-6-10-8-4-3-7-9(10)5-1;1-2-4-6-5-3-1/h1-10H;1-8H,9H2;1-8H;1-6H.